The normalized spacial score (nSPS) is 12.7. The summed E-state index contributed by atoms with van der Waals surface area (Å²) in [5.74, 6) is 0.149. The Labute approximate surface area is 95.5 Å². The highest BCUT2D eigenvalue weighted by molar-refractivity contribution is 7.79. The van der Waals surface area contributed by atoms with E-state index >= 15 is 0 Å². The molecule has 8 heteroatoms. The molecule has 0 bridgehead atoms. The van der Waals surface area contributed by atoms with E-state index in [1.807, 2.05) is 13.8 Å². The lowest BCUT2D eigenvalue weighted by Crippen LogP contribution is -2.33. The predicted molar refractivity (Wildman–Crippen MR) is 58.2 cm³/mol. The Kier molecular flexibility index (Phi) is 9.34. The summed E-state index contributed by atoms with van der Waals surface area (Å²) < 4.78 is 36.3. The van der Waals surface area contributed by atoms with Gasteiger partial charge in [0.05, 0.1) is 6.61 Å². The molecule has 0 saturated heterocycles. The van der Waals surface area contributed by atoms with Gasteiger partial charge in [-0.25, -0.2) is 0 Å². The van der Waals surface area contributed by atoms with E-state index in [-0.39, 0.29) is 5.97 Å². The van der Waals surface area contributed by atoms with Crippen LogP contribution in [-0.4, -0.2) is 36.1 Å². The Morgan fingerprint density at radius 1 is 1.38 bits per heavy atom. The topological polar surface area (TPSA) is 127 Å². The monoisotopic (exact) mass is 257 g/mol. The number of nitrogens with two attached hydrogens (primary N) is 1. The van der Waals surface area contributed by atoms with Gasteiger partial charge >= 0.3 is 16.4 Å². The van der Waals surface area contributed by atoms with Crippen LogP contribution in [-0.2, 0) is 19.9 Å². The second-order valence-electron chi connectivity index (χ2n) is 3.44. The highest BCUT2D eigenvalue weighted by Crippen LogP contribution is 2.03. The number of rotatable bonds is 4. The fourth-order valence-corrected chi connectivity index (χ4v) is 0.853. The molecule has 0 aliphatic heterocycles. The molecule has 0 saturated carbocycles. The summed E-state index contributed by atoms with van der Waals surface area (Å²) >= 11 is 0. The van der Waals surface area contributed by atoms with Crippen LogP contribution in [0.15, 0.2) is 0 Å². The van der Waals surface area contributed by atoms with E-state index in [1.54, 1.807) is 6.92 Å². The van der Waals surface area contributed by atoms with Gasteiger partial charge in [0, 0.05) is 0 Å². The molecule has 16 heavy (non-hydrogen) atoms. The van der Waals surface area contributed by atoms with Crippen LogP contribution < -0.4 is 5.73 Å². The van der Waals surface area contributed by atoms with Crippen molar-refractivity contribution in [2.45, 2.75) is 33.2 Å². The van der Waals surface area contributed by atoms with Crippen molar-refractivity contribution in [3.63, 3.8) is 0 Å². The van der Waals surface area contributed by atoms with Gasteiger partial charge in [0.25, 0.3) is 0 Å². The summed E-state index contributed by atoms with van der Waals surface area (Å²) in [4.78, 5) is 10.9. The van der Waals surface area contributed by atoms with Crippen molar-refractivity contribution in [1.29, 1.82) is 0 Å². The second-order valence-corrected chi connectivity index (χ2v) is 4.33. The molecule has 0 spiro atoms. The van der Waals surface area contributed by atoms with Crippen LogP contribution in [0.1, 0.15) is 27.2 Å². The second kappa shape index (κ2) is 8.45. The minimum atomic E-state index is -4.67. The van der Waals surface area contributed by atoms with Gasteiger partial charge in [-0.2, -0.15) is 8.42 Å². The zero-order valence-electron chi connectivity index (χ0n) is 9.58. The maximum absolute atomic E-state index is 10.9. The first-order valence-electron chi connectivity index (χ1n) is 4.70. The van der Waals surface area contributed by atoms with Crippen molar-refractivity contribution < 1.29 is 27.1 Å². The largest absolute Gasteiger partial charge is 0.465 e. The molecular formula is C8H19NO6S. The van der Waals surface area contributed by atoms with Crippen LogP contribution in [0.25, 0.3) is 0 Å². The Morgan fingerprint density at radius 3 is 2.00 bits per heavy atom. The molecule has 0 fully saturated rings. The molecule has 0 rings (SSSR count). The molecule has 1 unspecified atom stereocenters. The first kappa shape index (κ1) is 17.7. The molecule has 1 atom stereocenters. The van der Waals surface area contributed by atoms with Crippen molar-refractivity contribution >= 4 is 16.4 Å². The minimum Gasteiger partial charge on any atom is -0.465 e. The summed E-state index contributed by atoms with van der Waals surface area (Å²) in [6, 6.07) is -0.449. The third-order valence-electron chi connectivity index (χ3n) is 1.31. The molecular weight excluding hydrogens is 238 g/mol. The standard InChI is InChI=1S/C8H17NO2.H2O4S/c1-4-11-8(10)7(9)5-6(2)3;1-5(2,3)4/h6-7H,4-5,9H2,1-3H3;(H2,1,2,3,4). The number of esters is 1. The van der Waals surface area contributed by atoms with E-state index in [2.05, 4.69) is 0 Å². The molecule has 0 heterocycles. The summed E-state index contributed by atoms with van der Waals surface area (Å²) in [6.45, 7) is 6.24. The summed E-state index contributed by atoms with van der Waals surface area (Å²) in [7, 11) is -4.67. The van der Waals surface area contributed by atoms with Crippen LogP contribution in [0.4, 0.5) is 0 Å². The zero-order valence-corrected chi connectivity index (χ0v) is 10.4. The average molecular weight is 257 g/mol. The Balaban J connectivity index is 0. The lowest BCUT2D eigenvalue weighted by atomic mass is 10.1. The van der Waals surface area contributed by atoms with Gasteiger partial charge in [0.2, 0.25) is 0 Å². The molecule has 0 aromatic carbocycles. The molecule has 4 N–H and O–H groups in total. The lowest BCUT2D eigenvalue weighted by molar-refractivity contribution is -0.145. The number of hydrogen-bond acceptors (Lipinski definition) is 5. The van der Waals surface area contributed by atoms with Crippen LogP contribution in [0.5, 0.6) is 0 Å². The van der Waals surface area contributed by atoms with E-state index in [4.69, 9.17) is 28.0 Å². The van der Waals surface area contributed by atoms with Gasteiger partial charge in [0.15, 0.2) is 0 Å². The third-order valence-corrected chi connectivity index (χ3v) is 1.31. The molecule has 7 nitrogen and oxygen atoms in total. The zero-order chi connectivity index (χ0) is 13.4. The predicted octanol–water partition coefficient (Wildman–Crippen LogP) is 0.270. The van der Waals surface area contributed by atoms with Crippen molar-refractivity contribution in [2.24, 2.45) is 11.7 Å². The molecule has 0 aromatic rings. The molecule has 0 aliphatic rings. The maximum atomic E-state index is 10.9. The fraction of sp³-hybridized carbons (Fsp3) is 0.875. The van der Waals surface area contributed by atoms with Gasteiger partial charge in [-0.05, 0) is 19.3 Å². The third kappa shape index (κ3) is 19.0. The van der Waals surface area contributed by atoms with Gasteiger partial charge in [-0.15, -0.1) is 0 Å². The quantitative estimate of drug-likeness (QED) is 0.487. The summed E-state index contributed by atoms with van der Waals surface area (Å²) in [5, 5.41) is 0. The molecule has 0 aromatic heterocycles. The van der Waals surface area contributed by atoms with Gasteiger partial charge in [0.1, 0.15) is 6.04 Å². The smallest absolute Gasteiger partial charge is 0.394 e. The average Bonchev–Trinajstić information content (AvgIpc) is 2.00. The van der Waals surface area contributed by atoms with E-state index in [9.17, 15) is 4.79 Å². The number of ether oxygens (including phenoxy) is 1. The van der Waals surface area contributed by atoms with Crippen molar-refractivity contribution in [1.82, 2.24) is 0 Å². The Hall–Kier alpha value is -0.700. The SMILES string of the molecule is CCOC(=O)C(N)CC(C)C.O=S(=O)(O)O. The highest BCUT2D eigenvalue weighted by atomic mass is 32.3. The van der Waals surface area contributed by atoms with E-state index in [0.717, 1.165) is 0 Å². The van der Waals surface area contributed by atoms with Crippen molar-refractivity contribution in [3.8, 4) is 0 Å². The van der Waals surface area contributed by atoms with Gasteiger partial charge in [-0.3, -0.25) is 13.9 Å². The van der Waals surface area contributed by atoms with Gasteiger partial charge < -0.3 is 10.5 Å². The number of hydrogen-bond donors (Lipinski definition) is 3. The van der Waals surface area contributed by atoms with Crippen molar-refractivity contribution in [3.05, 3.63) is 0 Å². The molecule has 0 amide bonds. The minimum absolute atomic E-state index is 0.291. The first-order valence-corrected chi connectivity index (χ1v) is 6.09. The number of carbonyl (C=O) groups excluding carboxylic acids is 1. The van der Waals surface area contributed by atoms with E-state index in [0.29, 0.717) is 18.9 Å². The van der Waals surface area contributed by atoms with E-state index < -0.39 is 16.4 Å². The van der Waals surface area contributed by atoms with Crippen LogP contribution >= 0.6 is 0 Å². The van der Waals surface area contributed by atoms with Gasteiger partial charge in [-0.1, -0.05) is 13.8 Å². The Bertz CT molecular complexity index is 279. The molecule has 0 radical (unpaired) electrons. The number of carbonyl (C=O) groups is 1. The highest BCUT2D eigenvalue weighted by Gasteiger charge is 2.15. The molecule has 0 aliphatic carbocycles. The Morgan fingerprint density at radius 2 is 1.75 bits per heavy atom. The summed E-state index contributed by atoms with van der Waals surface area (Å²) in [6.07, 6.45) is 0.693. The van der Waals surface area contributed by atoms with E-state index in [1.165, 1.54) is 0 Å². The van der Waals surface area contributed by atoms with Crippen LogP contribution in [0, 0.1) is 5.92 Å². The van der Waals surface area contributed by atoms with Crippen molar-refractivity contribution in [2.75, 3.05) is 6.61 Å². The lowest BCUT2D eigenvalue weighted by Gasteiger charge is -2.11. The first-order chi connectivity index (χ1) is 7.07. The maximum Gasteiger partial charge on any atom is 0.394 e. The van der Waals surface area contributed by atoms with Crippen LogP contribution in [0.3, 0.4) is 0 Å². The fourth-order valence-electron chi connectivity index (χ4n) is 0.853. The molecule has 98 valence electrons. The van der Waals surface area contributed by atoms with Crippen LogP contribution in [0.2, 0.25) is 0 Å². The summed E-state index contributed by atoms with van der Waals surface area (Å²) in [5.41, 5.74) is 5.53.